The van der Waals surface area contributed by atoms with Crippen molar-refractivity contribution in [2.24, 2.45) is 5.92 Å². The van der Waals surface area contributed by atoms with Crippen molar-refractivity contribution in [1.29, 1.82) is 0 Å². The number of nitrogens with zero attached hydrogens (tertiary/aromatic N) is 2. The van der Waals surface area contributed by atoms with Crippen molar-refractivity contribution in [3.8, 4) is 33.4 Å². The van der Waals surface area contributed by atoms with Gasteiger partial charge in [0.25, 0.3) is 0 Å². The van der Waals surface area contributed by atoms with Crippen LogP contribution < -0.4 is 9.80 Å². The van der Waals surface area contributed by atoms with Gasteiger partial charge in [0.1, 0.15) is 0 Å². The summed E-state index contributed by atoms with van der Waals surface area (Å²) >= 11 is 0. The first-order chi connectivity index (χ1) is 31.0. The van der Waals surface area contributed by atoms with E-state index < -0.39 is 0 Å². The number of rotatable bonds is 9. The van der Waals surface area contributed by atoms with Crippen LogP contribution in [-0.2, 0) is 5.41 Å². The molecule has 2 atom stereocenters. The molecule has 0 N–H and O–H groups in total. The molecule has 9 aromatic carbocycles. The Hall–Kier alpha value is -7.68. The van der Waals surface area contributed by atoms with E-state index in [2.05, 4.69) is 266 Å². The Kier molecular flexibility index (Phi) is 9.70. The molecule has 0 saturated heterocycles. The maximum Gasteiger partial charge on any atom is 0.0468 e. The predicted octanol–water partition coefficient (Wildman–Crippen LogP) is 16.9. The number of fused-ring (bicyclic) bond motifs is 4. The second-order valence-electron chi connectivity index (χ2n) is 17.4. The van der Waals surface area contributed by atoms with Crippen molar-refractivity contribution >= 4 is 44.9 Å². The van der Waals surface area contributed by atoms with Crippen molar-refractivity contribution in [2.75, 3.05) is 9.80 Å². The Balaban J connectivity index is 0.933. The van der Waals surface area contributed by atoms with Gasteiger partial charge in [0.15, 0.2) is 0 Å². The quantitative estimate of drug-likeness (QED) is 0.143. The summed E-state index contributed by atoms with van der Waals surface area (Å²) in [5.41, 5.74) is 16.8. The Morgan fingerprint density at radius 1 is 0.333 bits per heavy atom. The second-order valence-corrected chi connectivity index (χ2v) is 17.4. The predicted molar refractivity (Wildman–Crippen MR) is 267 cm³/mol. The third-order valence-electron chi connectivity index (χ3n) is 13.4. The normalized spacial score (nSPS) is 15.8. The molecule has 2 aliphatic carbocycles. The lowest BCUT2D eigenvalue weighted by Gasteiger charge is -2.30. The molecule has 0 spiro atoms. The first kappa shape index (κ1) is 38.3. The van der Waals surface area contributed by atoms with E-state index in [9.17, 15) is 0 Å². The fraction of sp³-hybridized carbons (Fsp3) is 0.0820. The summed E-state index contributed by atoms with van der Waals surface area (Å²) in [6.45, 7) is 4.82. The van der Waals surface area contributed by atoms with E-state index in [1.54, 1.807) is 0 Å². The molecule has 0 bridgehead atoms. The lowest BCUT2D eigenvalue weighted by molar-refractivity contribution is 0.394. The summed E-state index contributed by atoms with van der Waals surface area (Å²) in [4.78, 5) is 4.77. The van der Waals surface area contributed by atoms with Crippen molar-refractivity contribution in [3.63, 3.8) is 0 Å². The van der Waals surface area contributed by atoms with Crippen LogP contribution in [0.2, 0.25) is 0 Å². The van der Waals surface area contributed by atoms with Crippen LogP contribution in [-0.4, -0.2) is 0 Å². The number of anilines is 6. The van der Waals surface area contributed by atoms with Gasteiger partial charge in [-0.2, -0.15) is 0 Å². The minimum Gasteiger partial charge on any atom is -0.311 e. The molecule has 302 valence electrons. The highest BCUT2D eigenvalue weighted by molar-refractivity contribution is 5.90. The average molecular weight is 809 g/mol. The van der Waals surface area contributed by atoms with Gasteiger partial charge in [-0.15, -0.1) is 0 Å². The summed E-state index contributed by atoms with van der Waals surface area (Å²) < 4.78 is 0. The fourth-order valence-corrected chi connectivity index (χ4v) is 9.99. The Morgan fingerprint density at radius 2 is 0.714 bits per heavy atom. The number of benzene rings is 9. The molecule has 9 aromatic rings. The van der Waals surface area contributed by atoms with E-state index in [0.29, 0.717) is 11.8 Å². The zero-order valence-electron chi connectivity index (χ0n) is 35.6. The molecule has 2 unspecified atom stereocenters. The lowest BCUT2D eigenvalue weighted by atomic mass is 9.74. The lowest BCUT2D eigenvalue weighted by Crippen LogP contribution is -2.24. The highest BCUT2D eigenvalue weighted by Gasteiger charge is 2.44. The number of allylic oxidation sites excluding steroid dienone is 4. The molecule has 2 heteroatoms. The van der Waals surface area contributed by atoms with Crippen molar-refractivity contribution in [1.82, 2.24) is 0 Å². The van der Waals surface area contributed by atoms with Crippen LogP contribution >= 0.6 is 0 Å². The fourth-order valence-electron chi connectivity index (χ4n) is 9.99. The maximum absolute atomic E-state index is 2.45. The van der Waals surface area contributed by atoms with Gasteiger partial charge in [0, 0.05) is 40.0 Å². The summed E-state index contributed by atoms with van der Waals surface area (Å²) in [6, 6.07) is 79.6. The molecule has 63 heavy (non-hydrogen) atoms. The summed E-state index contributed by atoms with van der Waals surface area (Å²) in [6.07, 6.45) is 9.22. The van der Waals surface area contributed by atoms with E-state index in [0.717, 1.165) is 28.4 Å². The molecule has 0 radical (unpaired) electrons. The molecule has 2 nitrogen and oxygen atoms in total. The van der Waals surface area contributed by atoms with E-state index in [1.807, 2.05) is 0 Å². The van der Waals surface area contributed by atoms with Gasteiger partial charge in [-0.25, -0.2) is 0 Å². The van der Waals surface area contributed by atoms with Gasteiger partial charge < -0.3 is 9.80 Å². The molecule has 11 rings (SSSR count). The van der Waals surface area contributed by atoms with Crippen molar-refractivity contribution < 1.29 is 0 Å². The third kappa shape index (κ3) is 7.14. The van der Waals surface area contributed by atoms with Gasteiger partial charge in [-0.05, 0) is 139 Å². The minimum absolute atomic E-state index is 0.0230. The molecular formula is C61H48N2. The topological polar surface area (TPSA) is 6.48 Å². The van der Waals surface area contributed by atoms with Crippen LogP contribution in [0.15, 0.2) is 243 Å². The number of hydrogen-bond acceptors (Lipinski definition) is 2. The highest BCUT2D eigenvalue weighted by Crippen LogP contribution is 2.54. The number of hydrogen-bond donors (Lipinski definition) is 0. The van der Waals surface area contributed by atoms with Crippen LogP contribution in [0.5, 0.6) is 0 Å². The summed E-state index contributed by atoms with van der Waals surface area (Å²) in [5.74, 6) is 0.876. The third-order valence-corrected chi connectivity index (χ3v) is 13.4. The second kappa shape index (κ2) is 16.0. The largest absolute Gasteiger partial charge is 0.311 e. The van der Waals surface area contributed by atoms with Crippen LogP contribution in [0.25, 0.3) is 44.2 Å². The van der Waals surface area contributed by atoms with E-state index in [1.165, 1.54) is 61.0 Å². The zero-order valence-corrected chi connectivity index (χ0v) is 35.6. The van der Waals surface area contributed by atoms with Gasteiger partial charge >= 0.3 is 0 Å². The molecule has 0 heterocycles. The van der Waals surface area contributed by atoms with Gasteiger partial charge in [0.05, 0.1) is 0 Å². The molecule has 0 aromatic heterocycles. The van der Waals surface area contributed by atoms with Crippen LogP contribution in [0, 0.1) is 5.92 Å². The first-order valence-electron chi connectivity index (χ1n) is 22.1. The summed E-state index contributed by atoms with van der Waals surface area (Å²) in [7, 11) is 0. The standard InChI is InChI=1S/C61H48N2/c1-61(2)59-20-12-11-19-57(59)58-40-39-56(42-60(58)61)63(55-38-29-45-17-9-10-18-50(45)41-55)54-36-27-49(28-37-54)48-25-34-53(35-26-48)62(51-30-21-46(22-31-51)43-13-5-3-6-14-43)52-32-23-47(24-33-52)44-15-7-4-8-16-44/h3-42,57,59H,1-2H3. The maximum atomic E-state index is 2.45. The average Bonchev–Trinajstić information content (AvgIpc) is 3.58. The molecule has 0 amide bonds. The molecule has 0 saturated carbocycles. The molecule has 0 fully saturated rings. The molecular weight excluding hydrogens is 761 g/mol. The van der Waals surface area contributed by atoms with E-state index in [-0.39, 0.29) is 5.41 Å². The van der Waals surface area contributed by atoms with E-state index >= 15 is 0 Å². The highest BCUT2D eigenvalue weighted by atomic mass is 15.1. The van der Waals surface area contributed by atoms with Gasteiger partial charge in [-0.1, -0.05) is 184 Å². The van der Waals surface area contributed by atoms with E-state index in [4.69, 9.17) is 0 Å². The molecule has 2 aliphatic rings. The Morgan fingerprint density at radius 3 is 1.22 bits per heavy atom. The van der Waals surface area contributed by atoms with Crippen LogP contribution in [0.3, 0.4) is 0 Å². The van der Waals surface area contributed by atoms with Crippen molar-refractivity contribution in [2.45, 2.75) is 25.2 Å². The van der Waals surface area contributed by atoms with Crippen molar-refractivity contribution in [3.05, 3.63) is 254 Å². The van der Waals surface area contributed by atoms with Crippen LogP contribution in [0.4, 0.5) is 34.1 Å². The smallest absolute Gasteiger partial charge is 0.0468 e. The summed E-state index contributed by atoms with van der Waals surface area (Å²) in [5, 5.41) is 2.47. The minimum atomic E-state index is 0.0230. The van der Waals surface area contributed by atoms with Gasteiger partial charge in [-0.3, -0.25) is 0 Å². The Labute approximate surface area is 371 Å². The molecule has 0 aliphatic heterocycles. The van der Waals surface area contributed by atoms with Crippen LogP contribution in [0.1, 0.15) is 30.9 Å². The SMILES string of the molecule is CC1(C)c2cc(N(c3ccc(-c4ccc(N(c5ccc(-c6ccccc6)cc5)c5ccc(-c6ccccc6)cc5)cc4)cc3)c3ccc4ccccc4c3)ccc2C2C=CC=CC21. The van der Waals surface area contributed by atoms with Gasteiger partial charge in [0.2, 0.25) is 0 Å². The monoisotopic (exact) mass is 808 g/mol. The first-order valence-corrected chi connectivity index (χ1v) is 22.1. The zero-order chi connectivity index (χ0) is 42.3. The Bertz CT molecular complexity index is 3020.